The van der Waals surface area contributed by atoms with Crippen LogP contribution in [0.2, 0.25) is 0 Å². The Balaban J connectivity index is 1.46. The molecule has 0 bridgehead atoms. The van der Waals surface area contributed by atoms with Crippen molar-refractivity contribution in [3.05, 3.63) is 146 Å². The molecule has 34 heavy (non-hydrogen) atoms. The van der Waals surface area contributed by atoms with Gasteiger partial charge in [0.25, 0.3) is 0 Å². The summed E-state index contributed by atoms with van der Waals surface area (Å²) in [4.78, 5) is 2.28. The first-order valence-electron chi connectivity index (χ1n) is 11.6. The van der Waals surface area contributed by atoms with Crippen molar-refractivity contribution in [2.24, 2.45) is 0 Å². The van der Waals surface area contributed by atoms with Gasteiger partial charge in [0.15, 0.2) is 0 Å². The summed E-state index contributed by atoms with van der Waals surface area (Å²) in [5.41, 5.74) is 10.5. The second kappa shape index (κ2) is 9.64. The Morgan fingerprint density at radius 2 is 0.794 bits per heavy atom. The fourth-order valence-corrected chi connectivity index (χ4v) is 4.21. The molecule has 0 amide bonds. The number of hydrogen-bond donors (Lipinski definition) is 0. The first-order chi connectivity index (χ1) is 16.7. The SMILES string of the molecule is C=C(C)c1ccc(N(c2ccccc2)c2ccc(-c3ccc(-c4ccccc4)cc3)cc2)cc1. The minimum absolute atomic E-state index is 1.07. The van der Waals surface area contributed by atoms with Gasteiger partial charge in [-0.15, -0.1) is 0 Å². The van der Waals surface area contributed by atoms with Crippen molar-refractivity contribution < 1.29 is 0 Å². The molecule has 1 nitrogen and oxygen atoms in total. The lowest BCUT2D eigenvalue weighted by Crippen LogP contribution is -2.09. The summed E-state index contributed by atoms with van der Waals surface area (Å²) in [6, 6.07) is 47.1. The Bertz CT molecular complexity index is 1370. The molecule has 5 rings (SSSR count). The van der Waals surface area contributed by atoms with Crippen LogP contribution in [0.25, 0.3) is 27.8 Å². The average molecular weight is 438 g/mol. The fraction of sp³-hybridized carbons (Fsp3) is 0.0303. The Morgan fingerprint density at radius 3 is 1.26 bits per heavy atom. The van der Waals surface area contributed by atoms with Gasteiger partial charge in [-0.3, -0.25) is 0 Å². The number of nitrogens with zero attached hydrogens (tertiary/aromatic N) is 1. The van der Waals surface area contributed by atoms with E-state index in [2.05, 4.69) is 133 Å². The van der Waals surface area contributed by atoms with Crippen LogP contribution in [0.4, 0.5) is 17.1 Å². The Hall–Kier alpha value is -4.36. The Labute approximate surface area is 202 Å². The lowest BCUT2D eigenvalue weighted by atomic mass is 10.00. The molecule has 0 saturated heterocycles. The van der Waals surface area contributed by atoms with Crippen LogP contribution in [-0.2, 0) is 0 Å². The topological polar surface area (TPSA) is 3.24 Å². The van der Waals surface area contributed by atoms with E-state index in [1.54, 1.807) is 0 Å². The van der Waals surface area contributed by atoms with Gasteiger partial charge in [-0.2, -0.15) is 0 Å². The van der Waals surface area contributed by atoms with Crippen molar-refractivity contribution in [2.75, 3.05) is 4.90 Å². The normalized spacial score (nSPS) is 10.6. The first kappa shape index (κ1) is 21.5. The van der Waals surface area contributed by atoms with Crippen LogP contribution in [0.5, 0.6) is 0 Å². The van der Waals surface area contributed by atoms with Crippen molar-refractivity contribution in [3.8, 4) is 22.3 Å². The van der Waals surface area contributed by atoms with Crippen LogP contribution < -0.4 is 4.90 Å². The van der Waals surface area contributed by atoms with Gasteiger partial charge >= 0.3 is 0 Å². The number of para-hydroxylation sites is 1. The maximum absolute atomic E-state index is 4.06. The van der Waals surface area contributed by atoms with Gasteiger partial charge in [-0.05, 0) is 71.1 Å². The van der Waals surface area contributed by atoms with Crippen LogP contribution in [0.3, 0.4) is 0 Å². The number of rotatable bonds is 6. The van der Waals surface area contributed by atoms with Crippen LogP contribution >= 0.6 is 0 Å². The van der Waals surface area contributed by atoms with Gasteiger partial charge in [-0.25, -0.2) is 0 Å². The van der Waals surface area contributed by atoms with Crippen molar-refractivity contribution in [2.45, 2.75) is 6.92 Å². The molecule has 164 valence electrons. The van der Waals surface area contributed by atoms with E-state index in [0.717, 1.165) is 28.2 Å². The summed E-state index contributed by atoms with van der Waals surface area (Å²) in [5, 5.41) is 0. The van der Waals surface area contributed by atoms with Crippen LogP contribution in [-0.4, -0.2) is 0 Å². The van der Waals surface area contributed by atoms with E-state index in [4.69, 9.17) is 0 Å². The maximum atomic E-state index is 4.06. The molecule has 5 aromatic carbocycles. The zero-order valence-corrected chi connectivity index (χ0v) is 19.4. The molecule has 0 N–H and O–H groups in total. The largest absolute Gasteiger partial charge is 0.311 e. The van der Waals surface area contributed by atoms with Gasteiger partial charge in [-0.1, -0.05) is 109 Å². The summed E-state index contributed by atoms with van der Waals surface area (Å²) in [6.07, 6.45) is 0. The van der Waals surface area contributed by atoms with E-state index in [-0.39, 0.29) is 0 Å². The number of benzene rings is 5. The first-order valence-corrected chi connectivity index (χ1v) is 11.6. The summed E-state index contributed by atoms with van der Waals surface area (Å²) in [7, 11) is 0. The maximum Gasteiger partial charge on any atom is 0.0462 e. The monoisotopic (exact) mass is 437 g/mol. The van der Waals surface area contributed by atoms with Crippen molar-refractivity contribution in [3.63, 3.8) is 0 Å². The summed E-state index contributed by atoms with van der Waals surface area (Å²) in [6.45, 7) is 6.10. The Kier molecular flexibility index (Phi) is 6.09. The van der Waals surface area contributed by atoms with Crippen molar-refractivity contribution in [1.82, 2.24) is 0 Å². The molecule has 0 unspecified atom stereocenters. The van der Waals surface area contributed by atoms with E-state index >= 15 is 0 Å². The molecule has 0 aliphatic carbocycles. The minimum Gasteiger partial charge on any atom is -0.311 e. The quantitative estimate of drug-likeness (QED) is 0.256. The smallest absolute Gasteiger partial charge is 0.0462 e. The molecule has 0 aliphatic heterocycles. The van der Waals surface area contributed by atoms with E-state index in [9.17, 15) is 0 Å². The molecular formula is C33H27N. The zero-order valence-electron chi connectivity index (χ0n) is 19.4. The summed E-state index contributed by atoms with van der Waals surface area (Å²) in [5.74, 6) is 0. The molecule has 0 heterocycles. The van der Waals surface area contributed by atoms with E-state index < -0.39 is 0 Å². The van der Waals surface area contributed by atoms with Gasteiger partial charge in [0, 0.05) is 17.1 Å². The summed E-state index contributed by atoms with van der Waals surface area (Å²) >= 11 is 0. The molecule has 0 fully saturated rings. The third kappa shape index (κ3) is 4.55. The van der Waals surface area contributed by atoms with E-state index in [1.165, 1.54) is 22.3 Å². The molecule has 0 aliphatic rings. The minimum atomic E-state index is 1.07. The number of allylic oxidation sites excluding steroid dienone is 1. The van der Waals surface area contributed by atoms with E-state index in [0.29, 0.717) is 0 Å². The fourth-order valence-electron chi connectivity index (χ4n) is 4.21. The van der Waals surface area contributed by atoms with Crippen molar-refractivity contribution in [1.29, 1.82) is 0 Å². The van der Waals surface area contributed by atoms with Crippen LogP contribution in [0, 0.1) is 0 Å². The van der Waals surface area contributed by atoms with Crippen LogP contribution in [0.15, 0.2) is 140 Å². The predicted molar refractivity (Wildman–Crippen MR) is 147 cm³/mol. The molecule has 1 heteroatoms. The molecule has 0 atom stereocenters. The zero-order chi connectivity index (χ0) is 23.3. The van der Waals surface area contributed by atoms with E-state index in [1.807, 2.05) is 19.1 Å². The molecule has 0 saturated carbocycles. The molecule has 5 aromatic rings. The number of hydrogen-bond acceptors (Lipinski definition) is 1. The highest BCUT2D eigenvalue weighted by Crippen LogP contribution is 2.36. The average Bonchev–Trinajstić information content (AvgIpc) is 2.91. The third-order valence-corrected chi connectivity index (χ3v) is 6.08. The molecule has 0 radical (unpaired) electrons. The third-order valence-electron chi connectivity index (χ3n) is 6.08. The lowest BCUT2D eigenvalue weighted by Gasteiger charge is -2.26. The van der Waals surface area contributed by atoms with Gasteiger partial charge in [0.05, 0.1) is 0 Å². The molecule has 0 aromatic heterocycles. The lowest BCUT2D eigenvalue weighted by molar-refractivity contribution is 1.28. The summed E-state index contributed by atoms with van der Waals surface area (Å²) < 4.78 is 0. The predicted octanol–water partition coefficient (Wildman–Crippen LogP) is 9.52. The highest BCUT2D eigenvalue weighted by molar-refractivity contribution is 5.79. The second-order valence-electron chi connectivity index (χ2n) is 8.49. The highest BCUT2D eigenvalue weighted by Gasteiger charge is 2.12. The van der Waals surface area contributed by atoms with Gasteiger partial charge in [0.1, 0.15) is 0 Å². The second-order valence-corrected chi connectivity index (χ2v) is 8.49. The van der Waals surface area contributed by atoms with Crippen molar-refractivity contribution >= 4 is 22.6 Å². The highest BCUT2D eigenvalue weighted by atomic mass is 15.1. The van der Waals surface area contributed by atoms with Gasteiger partial charge in [0.2, 0.25) is 0 Å². The molecular weight excluding hydrogens is 410 g/mol. The molecule has 0 spiro atoms. The number of anilines is 3. The Morgan fingerprint density at radius 1 is 0.441 bits per heavy atom. The van der Waals surface area contributed by atoms with Crippen LogP contribution in [0.1, 0.15) is 12.5 Å². The van der Waals surface area contributed by atoms with Gasteiger partial charge < -0.3 is 4.90 Å². The standard InChI is InChI=1S/C33H27N/c1-25(2)26-17-21-32(22-18-26)34(31-11-7-4-8-12-31)33-23-19-30(20-24-33)29-15-13-28(14-16-29)27-9-5-3-6-10-27/h3-24H,1H2,2H3.